The number of hydrogen-bond donors (Lipinski definition) is 1. The van der Waals surface area contributed by atoms with Crippen molar-refractivity contribution in [2.45, 2.75) is 66.2 Å². The Bertz CT molecular complexity index is 315. The van der Waals surface area contributed by atoms with Gasteiger partial charge in [0.1, 0.15) is 0 Å². The van der Waals surface area contributed by atoms with Crippen LogP contribution in [0.3, 0.4) is 0 Å². The SMILES string of the molecule is CC(C)CNCC12CC3CC(C)(CC(C)(C3)C1)C2. The summed E-state index contributed by atoms with van der Waals surface area (Å²) in [7, 11) is 0. The van der Waals surface area contributed by atoms with Crippen LogP contribution in [0, 0.1) is 28.1 Å². The van der Waals surface area contributed by atoms with Gasteiger partial charge in [0.15, 0.2) is 0 Å². The molecule has 0 saturated heterocycles. The fourth-order valence-corrected chi connectivity index (χ4v) is 6.51. The summed E-state index contributed by atoms with van der Waals surface area (Å²) >= 11 is 0. The highest BCUT2D eigenvalue weighted by Crippen LogP contribution is 2.69. The minimum absolute atomic E-state index is 0.651. The zero-order valence-corrected chi connectivity index (χ0v) is 12.8. The molecular weight excluding hydrogens is 218 g/mol. The largest absolute Gasteiger partial charge is 0.316 e. The second-order valence-corrected chi connectivity index (χ2v) is 9.15. The van der Waals surface area contributed by atoms with Gasteiger partial charge >= 0.3 is 0 Å². The summed E-state index contributed by atoms with van der Waals surface area (Å²) < 4.78 is 0. The third-order valence-corrected chi connectivity index (χ3v) is 5.79. The molecule has 1 nitrogen and oxygen atoms in total. The van der Waals surface area contributed by atoms with Crippen LogP contribution in [0.5, 0.6) is 0 Å². The van der Waals surface area contributed by atoms with Crippen molar-refractivity contribution >= 4 is 0 Å². The van der Waals surface area contributed by atoms with E-state index in [1.54, 1.807) is 0 Å². The first kappa shape index (κ1) is 13.0. The summed E-state index contributed by atoms with van der Waals surface area (Å²) in [6.07, 6.45) is 9.06. The van der Waals surface area contributed by atoms with Crippen LogP contribution in [0.2, 0.25) is 0 Å². The molecule has 18 heavy (non-hydrogen) atoms. The minimum atomic E-state index is 0.651. The van der Waals surface area contributed by atoms with E-state index in [0.717, 1.165) is 11.8 Å². The van der Waals surface area contributed by atoms with Crippen LogP contribution < -0.4 is 5.32 Å². The Labute approximate surface area is 113 Å². The van der Waals surface area contributed by atoms with E-state index in [4.69, 9.17) is 0 Å². The highest BCUT2D eigenvalue weighted by atomic mass is 14.9. The Morgan fingerprint density at radius 3 is 2.11 bits per heavy atom. The topological polar surface area (TPSA) is 12.0 Å². The van der Waals surface area contributed by atoms with E-state index in [9.17, 15) is 0 Å². The van der Waals surface area contributed by atoms with Crippen molar-refractivity contribution in [3.8, 4) is 0 Å². The van der Waals surface area contributed by atoms with Gasteiger partial charge in [-0.1, -0.05) is 27.7 Å². The maximum absolute atomic E-state index is 3.78. The van der Waals surface area contributed by atoms with Gasteiger partial charge in [-0.3, -0.25) is 0 Å². The molecule has 0 aliphatic heterocycles. The lowest BCUT2D eigenvalue weighted by Gasteiger charge is -2.65. The van der Waals surface area contributed by atoms with Gasteiger partial charge < -0.3 is 5.32 Å². The Kier molecular flexibility index (Phi) is 2.86. The van der Waals surface area contributed by atoms with Gasteiger partial charge in [-0.2, -0.15) is 0 Å². The third-order valence-electron chi connectivity index (χ3n) is 5.79. The van der Waals surface area contributed by atoms with E-state index in [2.05, 4.69) is 33.0 Å². The summed E-state index contributed by atoms with van der Waals surface area (Å²) in [5.41, 5.74) is 2.00. The highest BCUT2D eigenvalue weighted by Gasteiger charge is 2.59. The summed E-state index contributed by atoms with van der Waals surface area (Å²) in [5, 5.41) is 3.78. The van der Waals surface area contributed by atoms with Crippen molar-refractivity contribution in [2.75, 3.05) is 13.1 Å². The van der Waals surface area contributed by atoms with Crippen molar-refractivity contribution in [2.24, 2.45) is 28.1 Å². The summed E-state index contributed by atoms with van der Waals surface area (Å²) in [5.74, 6) is 1.82. The van der Waals surface area contributed by atoms with Crippen molar-refractivity contribution < 1.29 is 0 Å². The molecule has 0 radical (unpaired) electrons. The summed E-state index contributed by atoms with van der Waals surface area (Å²) in [4.78, 5) is 0. The van der Waals surface area contributed by atoms with Gasteiger partial charge in [0.25, 0.3) is 0 Å². The molecule has 0 aromatic carbocycles. The molecule has 2 atom stereocenters. The monoisotopic (exact) mass is 249 g/mol. The number of hydrogen-bond acceptors (Lipinski definition) is 1. The van der Waals surface area contributed by atoms with Gasteiger partial charge in [0.05, 0.1) is 0 Å². The summed E-state index contributed by atoms with van der Waals surface area (Å²) in [6, 6.07) is 0. The molecule has 2 unspecified atom stereocenters. The van der Waals surface area contributed by atoms with Crippen LogP contribution in [-0.4, -0.2) is 13.1 Å². The van der Waals surface area contributed by atoms with Crippen molar-refractivity contribution in [1.82, 2.24) is 5.32 Å². The van der Waals surface area contributed by atoms with E-state index in [0.29, 0.717) is 16.2 Å². The smallest absolute Gasteiger partial charge is 0.000843 e. The fraction of sp³-hybridized carbons (Fsp3) is 1.00. The molecular formula is C17H31N. The predicted octanol–water partition coefficient (Wildman–Crippen LogP) is 4.23. The molecule has 4 fully saturated rings. The van der Waals surface area contributed by atoms with Crippen LogP contribution in [0.4, 0.5) is 0 Å². The fourth-order valence-electron chi connectivity index (χ4n) is 6.51. The summed E-state index contributed by atoms with van der Waals surface area (Å²) in [6.45, 7) is 12.3. The normalized spacial score (nSPS) is 50.2. The standard InChI is InChI=1S/C17H31N/c1-13(2)8-18-12-17-7-14-5-15(3,10-17)9-16(4,6-14)11-17/h13-14,18H,5-12H2,1-4H3. The van der Waals surface area contributed by atoms with Crippen LogP contribution in [0.15, 0.2) is 0 Å². The lowest BCUT2D eigenvalue weighted by molar-refractivity contribution is -0.143. The van der Waals surface area contributed by atoms with E-state index < -0.39 is 0 Å². The Hall–Kier alpha value is -0.0400. The molecule has 4 aliphatic rings. The van der Waals surface area contributed by atoms with E-state index in [-0.39, 0.29) is 0 Å². The van der Waals surface area contributed by atoms with Crippen LogP contribution >= 0.6 is 0 Å². The maximum Gasteiger partial charge on any atom is 0.000843 e. The molecule has 0 heterocycles. The molecule has 4 bridgehead atoms. The molecule has 1 N–H and O–H groups in total. The van der Waals surface area contributed by atoms with E-state index in [1.165, 1.54) is 51.6 Å². The van der Waals surface area contributed by atoms with E-state index in [1.807, 2.05) is 0 Å². The molecule has 4 aliphatic carbocycles. The molecule has 1 heteroatoms. The van der Waals surface area contributed by atoms with Crippen LogP contribution in [0.1, 0.15) is 66.2 Å². The first-order chi connectivity index (χ1) is 8.32. The molecule has 4 rings (SSSR count). The number of rotatable bonds is 4. The first-order valence-electron chi connectivity index (χ1n) is 8.03. The quantitative estimate of drug-likeness (QED) is 0.786. The van der Waals surface area contributed by atoms with Crippen LogP contribution in [-0.2, 0) is 0 Å². The molecule has 104 valence electrons. The second-order valence-electron chi connectivity index (χ2n) is 9.15. The highest BCUT2D eigenvalue weighted by molar-refractivity contribution is 5.10. The molecule has 0 aromatic rings. The van der Waals surface area contributed by atoms with Gasteiger partial charge in [0, 0.05) is 6.54 Å². The average Bonchev–Trinajstić information content (AvgIpc) is 2.09. The van der Waals surface area contributed by atoms with Crippen molar-refractivity contribution in [3.63, 3.8) is 0 Å². The Morgan fingerprint density at radius 2 is 1.61 bits per heavy atom. The predicted molar refractivity (Wildman–Crippen MR) is 77.5 cm³/mol. The van der Waals surface area contributed by atoms with Gasteiger partial charge in [-0.25, -0.2) is 0 Å². The van der Waals surface area contributed by atoms with Crippen LogP contribution in [0.25, 0.3) is 0 Å². The lowest BCUT2D eigenvalue weighted by Crippen LogP contribution is -2.57. The van der Waals surface area contributed by atoms with Crippen molar-refractivity contribution in [1.29, 1.82) is 0 Å². The van der Waals surface area contributed by atoms with E-state index >= 15 is 0 Å². The Morgan fingerprint density at radius 1 is 1.00 bits per heavy atom. The van der Waals surface area contributed by atoms with Gasteiger partial charge in [-0.15, -0.1) is 0 Å². The zero-order valence-electron chi connectivity index (χ0n) is 12.8. The van der Waals surface area contributed by atoms with Crippen molar-refractivity contribution in [3.05, 3.63) is 0 Å². The third kappa shape index (κ3) is 2.24. The maximum atomic E-state index is 3.78. The second kappa shape index (κ2) is 3.98. The van der Waals surface area contributed by atoms with Gasteiger partial charge in [0.2, 0.25) is 0 Å². The molecule has 0 spiro atoms. The lowest BCUT2D eigenvalue weighted by atomic mass is 9.40. The minimum Gasteiger partial charge on any atom is -0.316 e. The van der Waals surface area contributed by atoms with Gasteiger partial charge in [-0.05, 0) is 73.2 Å². The molecule has 4 saturated carbocycles. The molecule has 0 aromatic heterocycles. The zero-order chi connectivity index (χ0) is 13.0. The molecule has 0 amide bonds. The number of nitrogens with one attached hydrogen (secondary N) is 1. The average molecular weight is 249 g/mol. The first-order valence-corrected chi connectivity index (χ1v) is 8.03. The Balaban J connectivity index is 1.72.